The van der Waals surface area contributed by atoms with Crippen LogP contribution in [0.1, 0.15) is 32.4 Å². The molecule has 0 spiro atoms. The molecular formula is C13H18N2O. The molecular weight excluding hydrogens is 200 g/mol. The molecule has 0 N–H and O–H groups in total. The van der Waals surface area contributed by atoms with Crippen LogP contribution in [0.4, 0.5) is 0 Å². The summed E-state index contributed by atoms with van der Waals surface area (Å²) in [5.41, 5.74) is 3.42. The number of aromatic nitrogens is 2. The van der Waals surface area contributed by atoms with Crippen molar-refractivity contribution < 1.29 is 0 Å². The molecule has 0 radical (unpaired) electrons. The molecule has 2 rings (SSSR count). The van der Waals surface area contributed by atoms with Crippen molar-refractivity contribution in [2.45, 2.75) is 33.2 Å². The van der Waals surface area contributed by atoms with E-state index in [1.165, 1.54) is 5.56 Å². The molecule has 0 unspecified atom stereocenters. The van der Waals surface area contributed by atoms with Crippen molar-refractivity contribution in [3.8, 4) is 0 Å². The van der Waals surface area contributed by atoms with Gasteiger partial charge in [-0.2, -0.15) is 0 Å². The molecule has 0 aliphatic heterocycles. The van der Waals surface area contributed by atoms with Crippen LogP contribution in [0.15, 0.2) is 23.0 Å². The minimum absolute atomic E-state index is 0.0749. The summed E-state index contributed by atoms with van der Waals surface area (Å²) in [7, 11) is 1.85. The predicted molar refractivity (Wildman–Crippen MR) is 66.9 cm³/mol. The van der Waals surface area contributed by atoms with E-state index in [4.69, 9.17) is 0 Å². The molecule has 3 heteroatoms. The summed E-state index contributed by atoms with van der Waals surface area (Å²) in [5, 5.41) is 0. The molecule has 1 aromatic carbocycles. The lowest BCUT2D eigenvalue weighted by Gasteiger charge is -2.07. The normalized spacial score (nSPS) is 11.6. The highest BCUT2D eigenvalue weighted by atomic mass is 16.1. The topological polar surface area (TPSA) is 26.9 Å². The zero-order chi connectivity index (χ0) is 11.9. The third-order valence-corrected chi connectivity index (χ3v) is 3.08. The van der Waals surface area contributed by atoms with E-state index in [-0.39, 0.29) is 11.7 Å². The quantitative estimate of drug-likeness (QED) is 0.760. The molecule has 0 bridgehead atoms. The number of hydrogen-bond acceptors (Lipinski definition) is 1. The van der Waals surface area contributed by atoms with Crippen LogP contribution in [0.2, 0.25) is 0 Å². The minimum atomic E-state index is 0.0749. The van der Waals surface area contributed by atoms with Crippen molar-refractivity contribution in [2.75, 3.05) is 0 Å². The minimum Gasteiger partial charge on any atom is -0.295 e. The van der Waals surface area contributed by atoms with Crippen LogP contribution in [-0.2, 0) is 13.5 Å². The van der Waals surface area contributed by atoms with Crippen LogP contribution in [-0.4, -0.2) is 9.13 Å². The molecule has 16 heavy (non-hydrogen) atoms. The summed E-state index contributed by atoms with van der Waals surface area (Å²) in [4.78, 5) is 12.1. The second-order valence-electron chi connectivity index (χ2n) is 4.44. The van der Waals surface area contributed by atoms with Gasteiger partial charge in [-0.3, -0.25) is 9.13 Å². The Hall–Kier alpha value is -1.51. The first-order valence-electron chi connectivity index (χ1n) is 5.76. The number of para-hydroxylation sites is 1. The maximum atomic E-state index is 12.1. The average Bonchev–Trinajstić information content (AvgIpc) is 2.51. The van der Waals surface area contributed by atoms with E-state index in [1.54, 1.807) is 4.57 Å². The number of rotatable bonds is 2. The van der Waals surface area contributed by atoms with Gasteiger partial charge >= 0.3 is 5.69 Å². The maximum absolute atomic E-state index is 12.1. The fourth-order valence-corrected chi connectivity index (χ4v) is 2.30. The number of hydrogen-bond donors (Lipinski definition) is 0. The van der Waals surface area contributed by atoms with Gasteiger partial charge in [-0.15, -0.1) is 0 Å². The summed E-state index contributed by atoms with van der Waals surface area (Å²) >= 11 is 0. The van der Waals surface area contributed by atoms with Crippen LogP contribution >= 0.6 is 0 Å². The molecule has 0 saturated heterocycles. The highest BCUT2D eigenvalue weighted by Gasteiger charge is 2.14. The standard InChI is InChI=1S/C13H18N2O/c1-5-10-7-6-8-11-12(10)14(4)13(16)15(11)9(2)3/h6-9H,5H2,1-4H3. The Morgan fingerprint density at radius 2 is 2.00 bits per heavy atom. The highest BCUT2D eigenvalue weighted by molar-refractivity contribution is 5.80. The molecule has 0 atom stereocenters. The summed E-state index contributed by atoms with van der Waals surface area (Å²) in [5.74, 6) is 0. The lowest BCUT2D eigenvalue weighted by atomic mass is 10.1. The summed E-state index contributed by atoms with van der Waals surface area (Å²) < 4.78 is 3.61. The second kappa shape index (κ2) is 3.81. The second-order valence-corrected chi connectivity index (χ2v) is 4.44. The van der Waals surface area contributed by atoms with Crippen molar-refractivity contribution in [1.29, 1.82) is 0 Å². The SMILES string of the molecule is CCc1cccc2c1n(C)c(=O)n2C(C)C. The number of imidazole rings is 1. The third-order valence-electron chi connectivity index (χ3n) is 3.08. The Morgan fingerprint density at radius 1 is 1.31 bits per heavy atom. The van der Waals surface area contributed by atoms with E-state index in [0.717, 1.165) is 17.5 Å². The van der Waals surface area contributed by atoms with Crippen LogP contribution < -0.4 is 5.69 Å². The number of benzene rings is 1. The van der Waals surface area contributed by atoms with E-state index in [1.807, 2.05) is 37.6 Å². The van der Waals surface area contributed by atoms with E-state index in [9.17, 15) is 4.79 Å². The molecule has 0 fully saturated rings. The van der Waals surface area contributed by atoms with Crippen molar-refractivity contribution in [3.63, 3.8) is 0 Å². The first-order chi connectivity index (χ1) is 7.57. The molecule has 3 nitrogen and oxygen atoms in total. The van der Waals surface area contributed by atoms with Gasteiger partial charge in [-0.05, 0) is 31.9 Å². The first kappa shape index (κ1) is 11.0. The van der Waals surface area contributed by atoms with Crippen molar-refractivity contribution in [3.05, 3.63) is 34.2 Å². The smallest absolute Gasteiger partial charge is 0.295 e. The van der Waals surface area contributed by atoms with Gasteiger partial charge in [0.2, 0.25) is 0 Å². The van der Waals surface area contributed by atoms with Crippen LogP contribution in [0.3, 0.4) is 0 Å². The van der Waals surface area contributed by atoms with Crippen molar-refractivity contribution >= 4 is 11.0 Å². The van der Waals surface area contributed by atoms with Gasteiger partial charge in [0.15, 0.2) is 0 Å². The molecule has 0 aliphatic carbocycles. The van der Waals surface area contributed by atoms with Crippen LogP contribution in [0, 0.1) is 0 Å². The molecule has 1 aromatic heterocycles. The van der Waals surface area contributed by atoms with E-state index < -0.39 is 0 Å². The van der Waals surface area contributed by atoms with Gasteiger partial charge in [0.1, 0.15) is 0 Å². The highest BCUT2D eigenvalue weighted by Crippen LogP contribution is 2.20. The van der Waals surface area contributed by atoms with Gasteiger partial charge in [-0.1, -0.05) is 19.1 Å². The predicted octanol–water partition coefficient (Wildman–Crippen LogP) is 2.48. The summed E-state index contributed by atoms with van der Waals surface area (Å²) in [6, 6.07) is 6.34. The fraction of sp³-hybridized carbons (Fsp3) is 0.462. The summed E-state index contributed by atoms with van der Waals surface area (Å²) in [6.45, 7) is 6.20. The van der Waals surface area contributed by atoms with Gasteiger partial charge in [0.25, 0.3) is 0 Å². The van der Waals surface area contributed by atoms with Crippen LogP contribution in [0.25, 0.3) is 11.0 Å². The van der Waals surface area contributed by atoms with Gasteiger partial charge < -0.3 is 0 Å². The monoisotopic (exact) mass is 218 g/mol. The van der Waals surface area contributed by atoms with E-state index in [0.29, 0.717) is 0 Å². The molecule has 1 heterocycles. The molecule has 0 amide bonds. The third kappa shape index (κ3) is 1.39. The van der Waals surface area contributed by atoms with Crippen molar-refractivity contribution in [1.82, 2.24) is 9.13 Å². The average molecular weight is 218 g/mol. The van der Waals surface area contributed by atoms with E-state index in [2.05, 4.69) is 13.0 Å². The Kier molecular flexibility index (Phi) is 2.62. The zero-order valence-electron chi connectivity index (χ0n) is 10.3. The lowest BCUT2D eigenvalue weighted by molar-refractivity contribution is 0.583. The number of fused-ring (bicyclic) bond motifs is 1. The maximum Gasteiger partial charge on any atom is 0.329 e. The Morgan fingerprint density at radius 3 is 2.56 bits per heavy atom. The number of nitrogens with zero attached hydrogens (tertiary/aromatic N) is 2. The lowest BCUT2D eigenvalue weighted by Crippen LogP contribution is -2.23. The van der Waals surface area contributed by atoms with Crippen LogP contribution in [0.5, 0.6) is 0 Å². The summed E-state index contributed by atoms with van der Waals surface area (Å²) in [6.07, 6.45) is 0.951. The molecule has 0 saturated carbocycles. The molecule has 86 valence electrons. The van der Waals surface area contributed by atoms with Gasteiger partial charge in [-0.25, -0.2) is 4.79 Å². The zero-order valence-corrected chi connectivity index (χ0v) is 10.3. The van der Waals surface area contributed by atoms with E-state index >= 15 is 0 Å². The Bertz CT molecular complexity index is 575. The Labute approximate surface area is 95.3 Å². The number of aryl methyl sites for hydroxylation is 2. The molecule has 2 aromatic rings. The molecule has 0 aliphatic rings. The Balaban J connectivity index is 2.95. The van der Waals surface area contributed by atoms with Crippen molar-refractivity contribution in [2.24, 2.45) is 7.05 Å². The largest absolute Gasteiger partial charge is 0.329 e. The fourth-order valence-electron chi connectivity index (χ4n) is 2.30. The first-order valence-corrected chi connectivity index (χ1v) is 5.76. The van der Waals surface area contributed by atoms with Gasteiger partial charge in [0.05, 0.1) is 11.0 Å². The van der Waals surface area contributed by atoms with Gasteiger partial charge in [0, 0.05) is 13.1 Å².